The molecule has 0 aliphatic rings. The molecule has 0 bridgehead atoms. The Labute approximate surface area is 90.3 Å². The van der Waals surface area contributed by atoms with Gasteiger partial charge < -0.3 is 4.57 Å². The van der Waals surface area contributed by atoms with Gasteiger partial charge >= 0.3 is 0 Å². The van der Waals surface area contributed by atoms with E-state index in [1.165, 1.54) is 18.5 Å². The highest BCUT2D eigenvalue weighted by Crippen LogP contribution is 2.17. The number of nitrogens with zero attached hydrogens (tertiary/aromatic N) is 3. The van der Waals surface area contributed by atoms with E-state index in [2.05, 4.69) is 4.98 Å². The molecule has 6 nitrogen and oxygen atoms in total. The lowest BCUT2D eigenvalue weighted by Gasteiger charge is -2.05. The quantitative estimate of drug-likeness (QED) is 0.563. The Balaban J connectivity index is 2.83. The van der Waals surface area contributed by atoms with Gasteiger partial charge in [0.1, 0.15) is 0 Å². The summed E-state index contributed by atoms with van der Waals surface area (Å²) in [4.78, 5) is 25.2. The van der Waals surface area contributed by atoms with Gasteiger partial charge in [0.25, 0.3) is 11.2 Å². The number of aryl methyl sites for hydroxylation is 1. The monoisotopic (exact) mass is 219 g/mol. The Hall–Kier alpha value is -2.24. The molecule has 0 spiro atoms. The first-order chi connectivity index (χ1) is 7.63. The van der Waals surface area contributed by atoms with E-state index in [9.17, 15) is 14.9 Å². The SMILES string of the molecule is CCn1cnc(=O)c2cc([N+](=O)[O-])ccc21. The summed E-state index contributed by atoms with van der Waals surface area (Å²) in [6, 6.07) is 4.21. The molecule has 0 radical (unpaired) electrons. The van der Waals surface area contributed by atoms with Gasteiger partial charge in [0.15, 0.2) is 0 Å². The van der Waals surface area contributed by atoms with E-state index in [-0.39, 0.29) is 11.1 Å². The fourth-order valence-electron chi connectivity index (χ4n) is 1.57. The van der Waals surface area contributed by atoms with E-state index in [0.29, 0.717) is 12.1 Å². The zero-order valence-corrected chi connectivity index (χ0v) is 8.58. The largest absolute Gasteiger partial charge is 0.332 e. The van der Waals surface area contributed by atoms with Crippen LogP contribution in [0.2, 0.25) is 0 Å². The molecule has 0 unspecified atom stereocenters. The van der Waals surface area contributed by atoms with E-state index in [4.69, 9.17) is 0 Å². The second-order valence-electron chi connectivity index (χ2n) is 3.29. The van der Waals surface area contributed by atoms with E-state index in [1.807, 2.05) is 6.92 Å². The van der Waals surface area contributed by atoms with Crippen molar-refractivity contribution in [2.45, 2.75) is 13.5 Å². The number of fused-ring (bicyclic) bond motifs is 1. The Morgan fingerprint density at radius 3 is 2.88 bits per heavy atom. The molecule has 0 saturated heterocycles. The van der Waals surface area contributed by atoms with E-state index < -0.39 is 10.5 Å². The predicted molar refractivity (Wildman–Crippen MR) is 58.3 cm³/mol. The number of nitro benzene ring substituents is 1. The molecule has 0 aliphatic carbocycles. The number of hydrogen-bond acceptors (Lipinski definition) is 4. The topological polar surface area (TPSA) is 78.0 Å². The van der Waals surface area contributed by atoms with E-state index in [1.54, 1.807) is 10.6 Å². The average Bonchev–Trinajstić information content (AvgIpc) is 2.29. The number of non-ortho nitro benzene ring substituents is 1. The third-order valence-electron chi connectivity index (χ3n) is 2.39. The summed E-state index contributed by atoms with van der Waals surface area (Å²) in [6.07, 6.45) is 1.44. The second kappa shape index (κ2) is 3.73. The van der Waals surface area contributed by atoms with E-state index in [0.717, 1.165) is 0 Å². The molecular weight excluding hydrogens is 210 g/mol. The second-order valence-corrected chi connectivity index (χ2v) is 3.29. The molecule has 0 saturated carbocycles. The van der Waals surface area contributed by atoms with Gasteiger partial charge in [0.2, 0.25) is 0 Å². The molecule has 82 valence electrons. The lowest BCUT2D eigenvalue weighted by atomic mass is 10.2. The summed E-state index contributed by atoms with van der Waals surface area (Å²) in [5, 5.41) is 10.9. The Bertz CT molecular complexity index is 618. The van der Waals surface area contributed by atoms with Crippen LogP contribution < -0.4 is 5.56 Å². The first-order valence-corrected chi connectivity index (χ1v) is 4.77. The molecule has 0 atom stereocenters. The third kappa shape index (κ3) is 1.54. The summed E-state index contributed by atoms with van der Waals surface area (Å²) in [7, 11) is 0. The van der Waals surface area contributed by atoms with Gasteiger partial charge in [-0.2, -0.15) is 4.98 Å². The minimum atomic E-state index is -0.526. The van der Waals surface area contributed by atoms with E-state index >= 15 is 0 Å². The highest BCUT2D eigenvalue weighted by Gasteiger charge is 2.10. The van der Waals surface area contributed by atoms with Crippen molar-refractivity contribution in [3.63, 3.8) is 0 Å². The van der Waals surface area contributed by atoms with Crippen LogP contribution in [-0.4, -0.2) is 14.5 Å². The molecule has 0 aliphatic heterocycles. The summed E-state index contributed by atoms with van der Waals surface area (Å²) in [5.74, 6) is 0. The minimum absolute atomic E-state index is 0.0970. The molecule has 0 amide bonds. The Kier molecular flexibility index (Phi) is 2.40. The predicted octanol–water partition coefficient (Wildman–Crippen LogP) is 1.32. The van der Waals surface area contributed by atoms with Crippen molar-refractivity contribution in [3.05, 3.63) is 45.0 Å². The van der Waals surface area contributed by atoms with Crippen molar-refractivity contribution in [1.82, 2.24) is 9.55 Å². The van der Waals surface area contributed by atoms with Crippen LogP contribution in [0.3, 0.4) is 0 Å². The van der Waals surface area contributed by atoms with Gasteiger partial charge in [-0.25, -0.2) is 0 Å². The van der Waals surface area contributed by atoms with Gasteiger partial charge in [-0.15, -0.1) is 0 Å². The molecule has 1 aromatic heterocycles. The fourth-order valence-corrected chi connectivity index (χ4v) is 1.57. The van der Waals surface area contributed by atoms with Crippen molar-refractivity contribution < 1.29 is 4.92 Å². The standard InChI is InChI=1S/C10H9N3O3/c1-2-12-6-11-10(14)8-5-7(13(15)16)3-4-9(8)12/h3-6H,2H2,1H3. The van der Waals surface area contributed by atoms with Crippen LogP contribution in [-0.2, 0) is 6.54 Å². The molecule has 0 N–H and O–H groups in total. The first kappa shape index (κ1) is 10.3. The number of nitro groups is 1. The lowest BCUT2D eigenvalue weighted by molar-refractivity contribution is -0.384. The molecular formula is C10H9N3O3. The van der Waals surface area contributed by atoms with Crippen LogP contribution >= 0.6 is 0 Å². The van der Waals surface area contributed by atoms with Gasteiger partial charge in [-0.05, 0) is 13.0 Å². The van der Waals surface area contributed by atoms with Gasteiger partial charge in [0, 0.05) is 18.7 Å². The lowest BCUT2D eigenvalue weighted by Crippen LogP contribution is -2.12. The number of aromatic nitrogens is 2. The van der Waals surface area contributed by atoms with Crippen LogP contribution in [0.25, 0.3) is 10.9 Å². The van der Waals surface area contributed by atoms with Crippen molar-refractivity contribution in [2.24, 2.45) is 0 Å². The van der Waals surface area contributed by atoms with Crippen LogP contribution in [0.4, 0.5) is 5.69 Å². The molecule has 16 heavy (non-hydrogen) atoms. The Morgan fingerprint density at radius 1 is 1.50 bits per heavy atom. The van der Waals surface area contributed by atoms with Gasteiger partial charge in [-0.1, -0.05) is 0 Å². The summed E-state index contributed by atoms with van der Waals surface area (Å²) >= 11 is 0. The molecule has 2 aromatic rings. The van der Waals surface area contributed by atoms with Crippen LogP contribution in [0, 0.1) is 10.1 Å². The minimum Gasteiger partial charge on any atom is -0.332 e. The summed E-state index contributed by atoms with van der Waals surface area (Å²) in [6.45, 7) is 2.56. The highest BCUT2D eigenvalue weighted by atomic mass is 16.6. The summed E-state index contributed by atoms with van der Waals surface area (Å²) in [5.41, 5.74) is 0.122. The van der Waals surface area contributed by atoms with Gasteiger partial charge in [0.05, 0.1) is 22.2 Å². The maximum Gasteiger partial charge on any atom is 0.280 e. The fraction of sp³-hybridized carbons (Fsp3) is 0.200. The van der Waals surface area contributed by atoms with Crippen molar-refractivity contribution >= 4 is 16.6 Å². The average molecular weight is 219 g/mol. The molecule has 1 heterocycles. The van der Waals surface area contributed by atoms with Crippen LogP contribution in [0.15, 0.2) is 29.3 Å². The third-order valence-corrected chi connectivity index (χ3v) is 2.39. The number of hydrogen-bond donors (Lipinski definition) is 0. The molecule has 0 fully saturated rings. The van der Waals surface area contributed by atoms with Crippen molar-refractivity contribution in [2.75, 3.05) is 0 Å². The number of benzene rings is 1. The maximum absolute atomic E-state index is 11.5. The number of rotatable bonds is 2. The molecule has 2 rings (SSSR count). The summed E-state index contributed by atoms with van der Waals surface area (Å²) < 4.78 is 1.76. The Morgan fingerprint density at radius 2 is 2.25 bits per heavy atom. The van der Waals surface area contributed by atoms with Crippen LogP contribution in [0.5, 0.6) is 0 Å². The zero-order valence-electron chi connectivity index (χ0n) is 8.58. The van der Waals surface area contributed by atoms with Crippen molar-refractivity contribution in [1.29, 1.82) is 0 Å². The normalized spacial score (nSPS) is 10.6. The van der Waals surface area contributed by atoms with Crippen LogP contribution in [0.1, 0.15) is 6.92 Å². The smallest absolute Gasteiger partial charge is 0.280 e. The zero-order chi connectivity index (χ0) is 11.7. The van der Waals surface area contributed by atoms with Gasteiger partial charge in [-0.3, -0.25) is 14.9 Å². The maximum atomic E-state index is 11.5. The molecule has 1 aromatic carbocycles. The van der Waals surface area contributed by atoms with Crippen molar-refractivity contribution in [3.8, 4) is 0 Å². The highest BCUT2D eigenvalue weighted by molar-refractivity contribution is 5.80. The molecule has 6 heteroatoms. The first-order valence-electron chi connectivity index (χ1n) is 4.77.